The predicted molar refractivity (Wildman–Crippen MR) is 106 cm³/mol. The van der Waals surface area contributed by atoms with Crippen LogP contribution in [0.2, 0.25) is 0 Å². The molecule has 7 heteroatoms. The lowest BCUT2D eigenvalue weighted by Crippen LogP contribution is -2.43. The highest BCUT2D eigenvalue weighted by Gasteiger charge is 2.21. The van der Waals surface area contributed by atoms with E-state index in [1.54, 1.807) is 19.1 Å². The molecule has 1 atom stereocenters. The van der Waals surface area contributed by atoms with E-state index in [-0.39, 0.29) is 16.8 Å². The molecule has 0 aromatic heterocycles. The molecule has 2 rings (SSSR count). The molecule has 1 aromatic carbocycles. The van der Waals surface area contributed by atoms with Gasteiger partial charge in [-0.05, 0) is 56.4 Å². The van der Waals surface area contributed by atoms with Crippen molar-refractivity contribution in [3.63, 3.8) is 0 Å². The highest BCUT2D eigenvalue weighted by molar-refractivity contribution is 7.89. The second kappa shape index (κ2) is 10.1. The summed E-state index contributed by atoms with van der Waals surface area (Å²) in [7, 11) is -3.52. The maximum absolute atomic E-state index is 12.3. The molecule has 1 saturated carbocycles. The molecule has 0 unspecified atom stereocenters. The Bertz CT molecular complexity index is 695. The number of hydrogen-bond donors (Lipinski definition) is 2. The molecule has 0 spiro atoms. The van der Waals surface area contributed by atoms with Crippen molar-refractivity contribution in [1.29, 1.82) is 0 Å². The summed E-state index contributed by atoms with van der Waals surface area (Å²) in [6.45, 7) is 6.21. The van der Waals surface area contributed by atoms with Gasteiger partial charge in [-0.3, -0.25) is 4.79 Å². The van der Waals surface area contributed by atoms with Crippen molar-refractivity contribution >= 4 is 15.9 Å². The standard InChI is InChI=1S/C20H32N2O4S/c1-15(2)13-14-21-27(24,25)19-11-9-18(10-12-19)26-16(3)20(23)22-17-7-5-4-6-8-17/h9-12,15-17,21H,4-8,13-14H2,1-3H3,(H,22,23)/t16-/m0/s1. The molecule has 27 heavy (non-hydrogen) atoms. The zero-order valence-corrected chi connectivity index (χ0v) is 17.3. The summed E-state index contributed by atoms with van der Waals surface area (Å²) in [4.78, 5) is 12.5. The number of rotatable bonds is 9. The van der Waals surface area contributed by atoms with Crippen LogP contribution in [0.3, 0.4) is 0 Å². The van der Waals surface area contributed by atoms with Crippen molar-refractivity contribution in [2.45, 2.75) is 76.3 Å². The van der Waals surface area contributed by atoms with Gasteiger partial charge in [0.1, 0.15) is 5.75 Å². The summed E-state index contributed by atoms with van der Waals surface area (Å²) in [6, 6.07) is 6.40. The minimum absolute atomic E-state index is 0.131. The number of benzene rings is 1. The number of nitrogens with one attached hydrogen (secondary N) is 2. The molecule has 1 aliphatic rings. The normalized spacial score (nSPS) is 16.9. The number of hydrogen-bond acceptors (Lipinski definition) is 4. The van der Waals surface area contributed by atoms with Crippen molar-refractivity contribution in [1.82, 2.24) is 10.0 Å². The van der Waals surface area contributed by atoms with Gasteiger partial charge in [0.25, 0.3) is 5.91 Å². The number of sulfonamides is 1. The number of carbonyl (C=O) groups excluding carboxylic acids is 1. The topological polar surface area (TPSA) is 84.5 Å². The lowest BCUT2D eigenvalue weighted by molar-refractivity contribution is -0.128. The first-order valence-electron chi connectivity index (χ1n) is 9.84. The van der Waals surface area contributed by atoms with Gasteiger partial charge in [-0.2, -0.15) is 0 Å². The van der Waals surface area contributed by atoms with E-state index in [4.69, 9.17) is 4.74 Å². The minimum Gasteiger partial charge on any atom is -0.481 e. The summed E-state index contributed by atoms with van der Waals surface area (Å²) in [5.74, 6) is 0.779. The Morgan fingerprint density at radius 1 is 1.11 bits per heavy atom. The fraction of sp³-hybridized carbons (Fsp3) is 0.650. The molecular weight excluding hydrogens is 364 g/mol. The second-order valence-electron chi connectivity index (χ2n) is 7.66. The molecule has 2 N–H and O–H groups in total. The van der Waals surface area contributed by atoms with Crippen LogP contribution in [-0.4, -0.2) is 33.0 Å². The highest BCUT2D eigenvalue weighted by Crippen LogP contribution is 2.19. The molecule has 0 aliphatic heterocycles. The quantitative estimate of drug-likeness (QED) is 0.671. The van der Waals surface area contributed by atoms with Crippen molar-refractivity contribution in [2.24, 2.45) is 5.92 Å². The Hall–Kier alpha value is -1.60. The van der Waals surface area contributed by atoms with E-state index in [2.05, 4.69) is 10.0 Å². The largest absolute Gasteiger partial charge is 0.481 e. The van der Waals surface area contributed by atoms with E-state index in [1.807, 2.05) is 13.8 Å². The van der Waals surface area contributed by atoms with Gasteiger partial charge in [0.05, 0.1) is 4.90 Å². The van der Waals surface area contributed by atoms with Gasteiger partial charge < -0.3 is 10.1 Å². The average Bonchev–Trinajstić information content (AvgIpc) is 2.62. The maximum Gasteiger partial charge on any atom is 0.260 e. The number of carbonyl (C=O) groups is 1. The summed E-state index contributed by atoms with van der Waals surface area (Å²) in [6.07, 6.45) is 5.75. The third kappa shape index (κ3) is 7.14. The van der Waals surface area contributed by atoms with Crippen molar-refractivity contribution < 1.29 is 17.9 Å². The Labute approximate surface area is 163 Å². The Balaban J connectivity index is 1.87. The predicted octanol–water partition coefficient (Wildman–Crippen LogP) is 3.23. The molecule has 6 nitrogen and oxygen atoms in total. The van der Waals surface area contributed by atoms with Crippen LogP contribution in [0.15, 0.2) is 29.2 Å². The Morgan fingerprint density at radius 3 is 2.33 bits per heavy atom. The lowest BCUT2D eigenvalue weighted by Gasteiger charge is -2.24. The van der Waals surface area contributed by atoms with E-state index in [0.29, 0.717) is 18.2 Å². The van der Waals surface area contributed by atoms with Gasteiger partial charge >= 0.3 is 0 Å². The summed E-state index contributed by atoms with van der Waals surface area (Å²) in [5, 5.41) is 3.04. The summed E-state index contributed by atoms with van der Waals surface area (Å²) >= 11 is 0. The van der Waals surface area contributed by atoms with Gasteiger partial charge in [-0.25, -0.2) is 13.1 Å². The van der Waals surface area contributed by atoms with Crippen LogP contribution in [0.1, 0.15) is 59.3 Å². The van der Waals surface area contributed by atoms with Crippen molar-refractivity contribution in [3.8, 4) is 5.75 Å². The zero-order valence-electron chi connectivity index (χ0n) is 16.5. The minimum atomic E-state index is -3.52. The van der Waals surface area contributed by atoms with Gasteiger partial charge in [0.15, 0.2) is 6.10 Å². The molecule has 1 aliphatic carbocycles. The third-order valence-electron chi connectivity index (χ3n) is 4.78. The molecule has 1 aromatic rings. The second-order valence-corrected chi connectivity index (χ2v) is 9.42. The molecule has 0 radical (unpaired) electrons. The van der Waals surface area contributed by atoms with E-state index in [9.17, 15) is 13.2 Å². The first-order valence-corrected chi connectivity index (χ1v) is 11.3. The van der Waals surface area contributed by atoms with Gasteiger partial charge in [-0.1, -0.05) is 33.1 Å². The fourth-order valence-corrected chi connectivity index (χ4v) is 4.13. The monoisotopic (exact) mass is 396 g/mol. The first-order chi connectivity index (χ1) is 12.8. The summed E-state index contributed by atoms with van der Waals surface area (Å²) in [5.41, 5.74) is 0. The molecular formula is C20H32N2O4S. The SMILES string of the molecule is CC(C)CCNS(=O)(=O)c1ccc(O[C@@H](C)C(=O)NC2CCCCC2)cc1. The van der Waals surface area contributed by atoms with Crippen LogP contribution in [-0.2, 0) is 14.8 Å². The van der Waals surface area contributed by atoms with E-state index < -0.39 is 16.1 Å². The smallest absolute Gasteiger partial charge is 0.260 e. The van der Waals surface area contributed by atoms with Crippen LogP contribution in [0.5, 0.6) is 5.75 Å². The third-order valence-corrected chi connectivity index (χ3v) is 6.26. The molecule has 0 bridgehead atoms. The van der Waals surface area contributed by atoms with Gasteiger partial charge in [0, 0.05) is 12.6 Å². The molecule has 1 fully saturated rings. The maximum atomic E-state index is 12.3. The average molecular weight is 397 g/mol. The highest BCUT2D eigenvalue weighted by atomic mass is 32.2. The zero-order chi connectivity index (χ0) is 19.9. The van der Waals surface area contributed by atoms with Crippen LogP contribution in [0.4, 0.5) is 0 Å². The van der Waals surface area contributed by atoms with Crippen LogP contribution < -0.4 is 14.8 Å². The van der Waals surface area contributed by atoms with Crippen molar-refractivity contribution in [3.05, 3.63) is 24.3 Å². The molecule has 1 amide bonds. The van der Waals surface area contributed by atoms with Crippen molar-refractivity contribution in [2.75, 3.05) is 6.54 Å². The number of ether oxygens (including phenoxy) is 1. The molecule has 0 saturated heterocycles. The van der Waals surface area contributed by atoms with Crippen LogP contribution in [0.25, 0.3) is 0 Å². The van der Waals surface area contributed by atoms with E-state index in [0.717, 1.165) is 32.1 Å². The number of amides is 1. The van der Waals surface area contributed by atoms with Gasteiger partial charge in [0.2, 0.25) is 10.0 Å². The van der Waals surface area contributed by atoms with Crippen LogP contribution in [0, 0.1) is 5.92 Å². The molecule has 0 heterocycles. The Kier molecular flexibility index (Phi) is 8.10. The van der Waals surface area contributed by atoms with E-state index >= 15 is 0 Å². The van der Waals surface area contributed by atoms with Crippen LogP contribution >= 0.6 is 0 Å². The van der Waals surface area contributed by atoms with E-state index in [1.165, 1.54) is 18.6 Å². The molecule has 152 valence electrons. The van der Waals surface area contributed by atoms with Gasteiger partial charge in [-0.15, -0.1) is 0 Å². The fourth-order valence-electron chi connectivity index (χ4n) is 3.09. The lowest BCUT2D eigenvalue weighted by atomic mass is 9.95. The summed E-state index contributed by atoms with van der Waals surface area (Å²) < 4.78 is 32.8. The Morgan fingerprint density at radius 2 is 1.74 bits per heavy atom. The first kappa shape index (κ1) is 21.7.